The molecule has 170 valence electrons. The summed E-state index contributed by atoms with van der Waals surface area (Å²) in [6, 6.07) is 14.7. The zero-order valence-corrected chi connectivity index (χ0v) is 17.5. The number of nitrogens with two attached hydrogens (primary N) is 1. The zero-order valence-electron chi connectivity index (χ0n) is 17.5. The minimum absolute atomic E-state index is 0. The Hall–Kier alpha value is -4.01. The average Bonchev–Trinajstić information content (AvgIpc) is 3.52. The predicted molar refractivity (Wildman–Crippen MR) is 117 cm³/mol. The van der Waals surface area contributed by atoms with Crippen LogP contribution in [0.3, 0.4) is 0 Å². The van der Waals surface area contributed by atoms with Gasteiger partial charge in [0, 0.05) is 12.6 Å². The van der Waals surface area contributed by atoms with Gasteiger partial charge in [-0.15, -0.1) is 8.78 Å². The number of aromatic nitrogens is 1. The molecule has 7 nitrogen and oxygen atoms in total. The van der Waals surface area contributed by atoms with Crippen LogP contribution in [0.25, 0.3) is 11.3 Å². The number of ether oxygens (including phenoxy) is 2. The number of alkyl halides is 2. The Bertz CT molecular complexity index is 1290. The quantitative estimate of drug-likeness (QED) is 0.596. The van der Waals surface area contributed by atoms with Crippen molar-refractivity contribution in [3.05, 3.63) is 71.3 Å². The second-order valence-electron chi connectivity index (χ2n) is 8.17. The molecule has 3 N–H and O–H groups in total. The number of pyridine rings is 1. The summed E-state index contributed by atoms with van der Waals surface area (Å²) in [4.78, 5) is 29.0. The average molecular weight is 453 g/mol. The van der Waals surface area contributed by atoms with Gasteiger partial charge < -0.3 is 20.5 Å². The molecule has 1 saturated carbocycles. The molecule has 2 aliphatic rings. The van der Waals surface area contributed by atoms with Crippen LogP contribution in [0, 0.1) is 6.92 Å². The number of rotatable bonds is 5. The maximum Gasteiger partial charge on any atom is 0.586 e. The van der Waals surface area contributed by atoms with Crippen LogP contribution in [0.1, 0.15) is 35.8 Å². The highest BCUT2D eigenvalue weighted by Gasteiger charge is 2.53. The number of amides is 2. The Morgan fingerprint density at radius 1 is 1.03 bits per heavy atom. The highest BCUT2D eigenvalue weighted by atomic mass is 19.3. The summed E-state index contributed by atoms with van der Waals surface area (Å²) in [6.45, 7) is 1.89. The van der Waals surface area contributed by atoms with Crippen molar-refractivity contribution in [1.82, 2.24) is 4.98 Å². The molecule has 9 heteroatoms. The van der Waals surface area contributed by atoms with Gasteiger partial charge in [0.15, 0.2) is 11.5 Å². The number of halogens is 2. The number of aryl methyl sites for hydroxylation is 1. The van der Waals surface area contributed by atoms with Gasteiger partial charge in [0.1, 0.15) is 5.82 Å². The first-order valence-corrected chi connectivity index (χ1v) is 10.3. The highest BCUT2D eigenvalue weighted by Crippen LogP contribution is 2.52. The molecule has 1 aliphatic heterocycles. The second kappa shape index (κ2) is 7.26. The monoisotopic (exact) mass is 453 g/mol. The molecule has 33 heavy (non-hydrogen) atoms. The predicted octanol–water partition coefficient (Wildman–Crippen LogP) is 4.39. The van der Waals surface area contributed by atoms with Crippen LogP contribution in [0.15, 0.2) is 54.6 Å². The summed E-state index contributed by atoms with van der Waals surface area (Å²) in [5, 5.41) is 2.85. The summed E-state index contributed by atoms with van der Waals surface area (Å²) in [5.74, 6) is -0.592. The number of benzene rings is 2. The lowest BCUT2D eigenvalue weighted by Crippen LogP contribution is -2.28. The Balaban J connectivity index is 0.00000274. The fourth-order valence-corrected chi connectivity index (χ4v) is 3.94. The van der Waals surface area contributed by atoms with Crippen molar-refractivity contribution in [2.45, 2.75) is 31.5 Å². The van der Waals surface area contributed by atoms with Gasteiger partial charge in [0.25, 0.3) is 0 Å². The van der Waals surface area contributed by atoms with Crippen molar-refractivity contribution >= 4 is 17.6 Å². The van der Waals surface area contributed by atoms with E-state index in [0.717, 1.165) is 11.1 Å². The van der Waals surface area contributed by atoms with E-state index in [1.165, 1.54) is 12.1 Å². The minimum atomic E-state index is -3.71. The highest BCUT2D eigenvalue weighted by molar-refractivity contribution is 6.01. The van der Waals surface area contributed by atoms with Crippen molar-refractivity contribution < 1.29 is 29.3 Å². The van der Waals surface area contributed by atoms with E-state index in [1.54, 1.807) is 36.4 Å². The van der Waals surface area contributed by atoms with Crippen LogP contribution >= 0.6 is 0 Å². The lowest BCUT2D eigenvalue weighted by Gasteiger charge is -2.17. The Morgan fingerprint density at radius 2 is 1.73 bits per heavy atom. The van der Waals surface area contributed by atoms with E-state index in [9.17, 15) is 18.4 Å². The first-order chi connectivity index (χ1) is 15.7. The standard InChI is InChI=1S/C24H19F2N3O4.H2/c1-13-2-9-19(28-20(13)14-3-5-15(6-4-14)21(27)30)29-22(31)23(10-11-23)16-7-8-17-18(12-16)33-24(25,26)32-17;/h2-9,12H,10-11H2,1H3,(H2,27,30)(H,28,29,31);1H. The van der Waals surface area contributed by atoms with Crippen molar-refractivity contribution in [2.24, 2.45) is 5.73 Å². The topological polar surface area (TPSA) is 104 Å². The molecule has 1 aromatic heterocycles. The normalized spacial score (nSPS) is 16.8. The Morgan fingerprint density at radius 3 is 2.39 bits per heavy atom. The number of hydrogen-bond acceptors (Lipinski definition) is 5. The van der Waals surface area contributed by atoms with Crippen molar-refractivity contribution in [3.8, 4) is 22.8 Å². The zero-order chi connectivity index (χ0) is 23.4. The fourth-order valence-electron chi connectivity index (χ4n) is 3.94. The molecule has 0 saturated heterocycles. The van der Waals surface area contributed by atoms with Crippen LogP contribution in [-0.4, -0.2) is 23.1 Å². The van der Waals surface area contributed by atoms with E-state index in [2.05, 4.69) is 19.8 Å². The summed E-state index contributed by atoms with van der Waals surface area (Å²) in [7, 11) is 0. The van der Waals surface area contributed by atoms with Crippen molar-refractivity contribution in [2.75, 3.05) is 5.32 Å². The van der Waals surface area contributed by atoms with Gasteiger partial charge in [0.2, 0.25) is 11.8 Å². The van der Waals surface area contributed by atoms with Gasteiger partial charge in [-0.25, -0.2) is 4.98 Å². The third-order valence-electron chi connectivity index (χ3n) is 5.92. The molecular formula is C24H21F2N3O4. The minimum Gasteiger partial charge on any atom is -0.395 e. The van der Waals surface area contributed by atoms with E-state index < -0.39 is 17.6 Å². The van der Waals surface area contributed by atoms with Crippen molar-refractivity contribution in [3.63, 3.8) is 0 Å². The number of primary amides is 1. The molecule has 1 fully saturated rings. The number of carbonyl (C=O) groups excluding carboxylic acids is 2. The fraction of sp³-hybridized carbons (Fsp3) is 0.208. The SMILES string of the molecule is Cc1ccc(NC(=O)C2(c3ccc4c(c3)OC(F)(F)O4)CC2)nc1-c1ccc(C(N)=O)cc1.[HH]. The largest absolute Gasteiger partial charge is 0.586 e. The molecule has 0 bridgehead atoms. The number of anilines is 1. The molecule has 0 radical (unpaired) electrons. The maximum atomic E-state index is 13.3. The summed E-state index contributed by atoms with van der Waals surface area (Å²) < 4.78 is 35.6. The lowest BCUT2D eigenvalue weighted by molar-refractivity contribution is -0.286. The van der Waals surface area contributed by atoms with Crippen LogP contribution in [0.4, 0.5) is 14.6 Å². The van der Waals surface area contributed by atoms with Crippen LogP contribution in [0.2, 0.25) is 0 Å². The molecule has 1 aliphatic carbocycles. The summed E-state index contributed by atoms with van der Waals surface area (Å²) in [5.41, 5.74) is 7.73. The van der Waals surface area contributed by atoms with Gasteiger partial charge in [-0.1, -0.05) is 24.3 Å². The number of hydrogen-bond donors (Lipinski definition) is 2. The van der Waals surface area contributed by atoms with E-state index in [-0.39, 0.29) is 18.8 Å². The van der Waals surface area contributed by atoms with Gasteiger partial charge in [-0.2, -0.15) is 0 Å². The molecule has 2 amide bonds. The number of nitrogens with zero attached hydrogens (tertiary/aromatic N) is 1. The van der Waals surface area contributed by atoms with Crippen LogP contribution < -0.4 is 20.5 Å². The van der Waals surface area contributed by atoms with Gasteiger partial charge in [-0.3, -0.25) is 9.59 Å². The molecule has 0 unspecified atom stereocenters. The van der Waals surface area contributed by atoms with E-state index >= 15 is 0 Å². The number of fused-ring (bicyclic) bond motifs is 1. The van der Waals surface area contributed by atoms with Crippen LogP contribution in [0.5, 0.6) is 11.5 Å². The molecule has 5 rings (SSSR count). The van der Waals surface area contributed by atoms with E-state index in [1.807, 2.05) is 13.0 Å². The Kier molecular flexibility index (Phi) is 4.59. The van der Waals surface area contributed by atoms with Gasteiger partial charge in [0.05, 0.1) is 11.1 Å². The lowest BCUT2D eigenvalue weighted by atomic mass is 9.94. The molecule has 0 spiro atoms. The number of carbonyl (C=O) groups is 2. The third kappa shape index (κ3) is 3.75. The van der Waals surface area contributed by atoms with E-state index in [4.69, 9.17) is 5.73 Å². The van der Waals surface area contributed by atoms with E-state index in [0.29, 0.717) is 35.5 Å². The van der Waals surface area contributed by atoms with Crippen LogP contribution in [-0.2, 0) is 10.2 Å². The smallest absolute Gasteiger partial charge is 0.395 e. The third-order valence-corrected chi connectivity index (χ3v) is 5.92. The summed E-state index contributed by atoms with van der Waals surface area (Å²) in [6.07, 6.45) is -2.57. The Labute approximate surface area is 189 Å². The molecular weight excluding hydrogens is 432 g/mol. The summed E-state index contributed by atoms with van der Waals surface area (Å²) >= 11 is 0. The first-order valence-electron chi connectivity index (χ1n) is 10.3. The van der Waals surface area contributed by atoms with Gasteiger partial charge in [-0.05, 0) is 61.2 Å². The number of nitrogens with one attached hydrogen (secondary N) is 1. The molecule has 0 atom stereocenters. The molecule has 2 aromatic carbocycles. The maximum absolute atomic E-state index is 13.3. The van der Waals surface area contributed by atoms with Crippen molar-refractivity contribution in [1.29, 1.82) is 0 Å². The second-order valence-corrected chi connectivity index (χ2v) is 8.17. The molecule has 2 heterocycles. The molecule has 3 aromatic rings. The van der Waals surface area contributed by atoms with Gasteiger partial charge >= 0.3 is 6.29 Å². The first kappa shape index (κ1) is 20.9.